The highest BCUT2D eigenvalue weighted by Crippen LogP contribution is 2.32. The first-order valence-electron chi connectivity index (χ1n) is 6.42. The van der Waals surface area contributed by atoms with Gasteiger partial charge in [-0.05, 0) is 30.9 Å². The number of pyridine rings is 1. The Kier molecular flexibility index (Phi) is 4.07. The third-order valence-corrected chi connectivity index (χ3v) is 2.89. The van der Waals surface area contributed by atoms with Gasteiger partial charge in [-0.25, -0.2) is 0 Å². The summed E-state index contributed by atoms with van der Waals surface area (Å²) in [6.07, 6.45) is 4.97. The Labute approximate surface area is 103 Å². The smallest absolute Gasteiger partial charge is 0.239 e. The van der Waals surface area contributed by atoms with Crippen LogP contribution in [0.4, 0.5) is 11.5 Å². The van der Waals surface area contributed by atoms with Crippen LogP contribution in [0.3, 0.4) is 0 Å². The number of aromatic nitrogens is 1. The zero-order valence-corrected chi connectivity index (χ0v) is 10.4. The molecule has 4 nitrogen and oxygen atoms in total. The maximum Gasteiger partial charge on any atom is 0.239 e. The standard InChI is InChI=1S/C13H21N3O/c1-2-9-17-13-11(14)5-6-12(16-13)15-8-7-10-3-4-10/h5-6,10H,2-4,7-9,14H2,1H3,(H,15,16). The van der Waals surface area contributed by atoms with Crippen LogP contribution in [0.5, 0.6) is 5.88 Å². The van der Waals surface area contributed by atoms with Crippen LogP contribution in [-0.4, -0.2) is 18.1 Å². The van der Waals surface area contributed by atoms with Gasteiger partial charge in [0.2, 0.25) is 5.88 Å². The second kappa shape index (κ2) is 5.75. The Morgan fingerprint density at radius 2 is 2.29 bits per heavy atom. The summed E-state index contributed by atoms with van der Waals surface area (Å²) in [6.45, 7) is 3.70. The summed E-state index contributed by atoms with van der Waals surface area (Å²) >= 11 is 0. The average Bonchev–Trinajstić information content (AvgIpc) is 3.13. The van der Waals surface area contributed by atoms with Crippen LogP contribution >= 0.6 is 0 Å². The van der Waals surface area contributed by atoms with Crippen molar-refractivity contribution >= 4 is 11.5 Å². The molecule has 1 aliphatic rings. The fraction of sp³-hybridized carbons (Fsp3) is 0.615. The van der Waals surface area contributed by atoms with Crippen molar-refractivity contribution in [1.29, 1.82) is 0 Å². The number of ether oxygens (including phenoxy) is 1. The van der Waals surface area contributed by atoms with E-state index in [-0.39, 0.29) is 0 Å². The quantitative estimate of drug-likeness (QED) is 0.762. The van der Waals surface area contributed by atoms with Crippen LogP contribution in [0.1, 0.15) is 32.6 Å². The number of anilines is 2. The van der Waals surface area contributed by atoms with Gasteiger partial charge in [0.1, 0.15) is 5.82 Å². The lowest BCUT2D eigenvalue weighted by Gasteiger charge is -2.10. The molecule has 1 saturated carbocycles. The molecular formula is C13H21N3O. The van der Waals surface area contributed by atoms with E-state index in [1.165, 1.54) is 19.3 Å². The highest BCUT2D eigenvalue weighted by Gasteiger charge is 2.20. The summed E-state index contributed by atoms with van der Waals surface area (Å²) in [5.41, 5.74) is 6.40. The molecule has 0 radical (unpaired) electrons. The van der Waals surface area contributed by atoms with Crippen LogP contribution in [0.25, 0.3) is 0 Å². The first-order valence-corrected chi connectivity index (χ1v) is 6.42. The van der Waals surface area contributed by atoms with Gasteiger partial charge in [0, 0.05) is 6.54 Å². The molecule has 0 atom stereocenters. The molecule has 17 heavy (non-hydrogen) atoms. The lowest BCUT2D eigenvalue weighted by molar-refractivity contribution is 0.307. The average molecular weight is 235 g/mol. The lowest BCUT2D eigenvalue weighted by Crippen LogP contribution is -2.07. The zero-order chi connectivity index (χ0) is 12.1. The predicted octanol–water partition coefficient (Wildman–Crippen LogP) is 2.66. The minimum absolute atomic E-state index is 0.545. The summed E-state index contributed by atoms with van der Waals surface area (Å²) in [6, 6.07) is 3.75. The van der Waals surface area contributed by atoms with Gasteiger partial charge in [-0.1, -0.05) is 19.8 Å². The summed E-state index contributed by atoms with van der Waals surface area (Å²) < 4.78 is 5.49. The Morgan fingerprint density at radius 1 is 1.47 bits per heavy atom. The fourth-order valence-corrected chi connectivity index (χ4v) is 1.67. The molecule has 0 spiro atoms. The molecule has 1 aromatic rings. The zero-order valence-electron chi connectivity index (χ0n) is 10.4. The predicted molar refractivity (Wildman–Crippen MR) is 70.3 cm³/mol. The molecule has 94 valence electrons. The topological polar surface area (TPSA) is 60.2 Å². The van der Waals surface area contributed by atoms with Crippen LogP contribution in [0, 0.1) is 5.92 Å². The largest absolute Gasteiger partial charge is 0.476 e. The van der Waals surface area contributed by atoms with Gasteiger partial charge in [0.25, 0.3) is 0 Å². The molecule has 2 rings (SSSR count). The number of nitrogen functional groups attached to an aromatic ring is 1. The van der Waals surface area contributed by atoms with E-state index in [2.05, 4.69) is 17.2 Å². The van der Waals surface area contributed by atoms with Gasteiger partial charge in [-0.2, -0.15) is 4.98 Å². The Balaban J connectivity index is 1.87. The van der Waals surface area contributed by atoms with Crippen molar-refractivity contribution in [3.8, 4) is 5.88 Å². The van der Waals surface area contributed by atoms with Crippen molar-refractivity contribution in [2.24, 2.45) is 5.92 Å². The molecular weight excluding hydrogens is 214 g/mol. The van der Waals surface area contributed by atoms with Crippen LogP contribution in [0.2, 0.25) is 0 Å². The number of rotatable bonds is 7. The van der Waals surface area contributed by atoms with Gasteiger partial charge in [0.05, 0.1) is 12.3 Å². The van der Waals surface area contributed by atoms with Gasteiger partial charge in [-0.3, -0.25) is 0 Å². The van der Waals surface area contributed by atoms with Crippen LogP contribution in [0.15, 0.2) is 12.1 Å². The maximum absolute atomic E-state index is 5.80. The van der Waals surface area contributed by atoms with Gasteiger partial charge < -0.3 is 15.8 Å². The summed E-state index contributed by atoms with van der Waals surface area (Å²) in [7, 11) is 0. The number of hydrogen-bond acceptors (Lipinski definition) is 4. The molecule has 1 fully saturated rings. The summed E-state index contributed by atoms with van der Waals surface area (Å²) in [5.74, 6) is 2.33. The summed E-state index contributed by atoms with van der Waals surface area (Å²) in [5, 5.41) is 3.31. The van der Waals surface area contributed by atoms with E-state index in [4.69, 9.17) is 10.5 Å². The number of nitrogens with one attached hydrogen (secondary N) is 1. The van der Waals surface area contributed by atoms with Gasteiger partial charge in [-0.15, -0.1) is 0 Å². The van der Waals surface area contributed by atoms with E-state index in [1.807, 2.05) is 12.1 Å². The molecule has 3 N–H and O–H groups in total. The third kappa shape index (κ3) is 3.80. The van der Waals surface area contributed by atoms with Crippen molar-refractivity contribution in [3.05, 3.63) is 12.1 Å². The molecule has 0 bridgehead atoms. The van der Waals surface area contributed by atoms with E-state index in [1.54, 1.807) is 0 Å². The lowest BCUT2D eigenvalue weighted by atomic mass is 10.3. The van der Waals surface area contributed by atoms with Crippen molar-refractivity contribution in [1.82, 2.24) is 4.98 Å². The van der Waals surface area contributed by atoms with E-state index in [9.17, 15) is 0 Å². The normalized spacial score (nSPS) is 14.6. The molecule has 1 aromatic heterocycles. The number of hydrogen-bond donors (Lipinski definition) is 2. The molecule has 1 heterocycles. The fourth-order valence-electron chi connectivity index (χ4n) is 1.67. The SMILES string of the molecule is CCCOc1nc(NCCC2CC2)ccc1N. The first kappa shape index (κ1) is 12.0. The minimum atomic E-state index is 0.545. The molecule has 0 aromatic carbocycles. The van der Waals surface area contributed by atoms with Gasteiger partial charge >= 0.3 is 0 Å². The van der Waals surface area contributed by atoms with Crippen molar-refractivity contribution in [3.63, 3.8) is 0 Å². The molecule has 0 amide bonds. The second-order valence-corrected chi connectivity index (χ2v) is 4.60. The Hall–Kier alpha value is -1.45. The number of nitrogens with two attached hydrogens (primary N) is 1. The molecule has 4 heteroatoms. The summed E-state index contributed by atoms with van der Waals surface area (Å²) in [4.78, 5) is 4.37. The number of nitrogens with zero attached hydrogens (tertiary/aromatic N) is 1. The van der Waals surface area contributed by atoms with E-state index >= 15 is 0 Å². The third-order valence-electron chi connectivity index (χ3n) is 2.89. The highest BCUT2D eigenvalue weighted by atomic mass is 16.5. The Morgan fingerprint density at radius 3 is 3.00 bits per heavy atom. The minimum Gasteiger partial charge on any atom is -0.476 e. The molecule has 1 aliphatic carbocycles. The molecule has 0 aliphatic heterocycles. The maximum atomic E-state index is 5.80. The highest BCUT2D eigenvalue weighted by molar-refractivity contribution is 5.53. The molecule has 0 unspecified atom stereocenters. The first-order chi connectivity index (χ1) is 8.29. The van der Waals surface area contributed by atoms with Crippen molar-refractivity contribution in [2.45, 2.75) is 32.6 Å². The van der Waals surface area contributed by atoms with Crippen molar-refractivity contribution in [2.75, 3.05) is 24.2 Å². The Bertz CT molecular complexity index is 364. The molecule has 0 saturated heterocycles. The van der Waals surface area contributed by atoms with E-state index in [0.717, 1.165) is 24.7 Å². The van der Waals surface area contributed by atoms with Crippen LogP contribution < -0.4 is 15.8 Å². The van der Waals surface area contributed by atoms with Crippen LogP contribution in [-0.2, 0) is 0 Å². The van der Waals surface area contributed by atoms with Crippen molar-refractivity contribution < 1.29 is 4.74 Å². The monoisotopic (exact) mass is 235 g/mol. The second-order valence-electron chi connectivity index (χ2n) is 4.60. The van der Waals surface area contributed by atoms with E-state index < -0.39 is 0 Å². The van der Waals surface area contributed by atoms with Gasteiger partial charge in [0.15, 0.2) is 0 Å². The van der Waals surface area contributed by atoms with E-state index in [0.29, 0.717) is 18.2 Å².